The number of H-pyrrole nitrogens is 1. The molecule has 1 saturated carbocycles. The maximum absolute atomic E-state index is 12.7. The first-order chi connectivity index (χ1) is 16.8. The Hall–Kier alpha value is -3.26. The van der Waals surface area contributed by atoms with E-state index in [4.69, 9.17) is 16.7 Å². The summed E-state index contributed by atoms with van der Waals surface area (Å²) in [5.41, 5.74) is 4.42. The standard InChI is InChI=1S/C26H30ClN5O3/c1-16(2)20-10-11-23(28-26(20)35)21(13-17-5-3-4-6-17)19-8-7-18(22(27)14-19)9-12-24-29-31-32(30-24)15-25(33)34/h7-8,10-11,13-14,16-17H,3-6,9,12,15H2,1-2H3,(H,28,35)(H,33,34)/b21-13+. The van der Waals surface area contributed by atoms with Gasteiger partial charge in [0, 0.05) is 28.3 Å². The van der Waals surface area contributed by atoms with E-state index in [1.807, 2.05) is 44.2 Å². The number of nitrogens with one attached hydrogen (secondary N) is 1. The van der Waals surface area contributed by atoms with Gasteiger partial charge in [0.05, 0.1) is 0 Å². The van der Waals surface area contributed by atoms with Crippen LogP contribution in [0.4, 0.5) is 0 Å². The highest BCUT2D eigenvalue weighted by Gasteiger charge is 2.17. The van der Waals surface area contributed by atoms with Crippen LogP contribution in [0, 0.1) is 5.92 Å². The van der Waals surface area contributed by atoms with Crippen LogP contribution in [0.2, 0.25) is 5.02 Å². The molecule has 0 amide bonds. The van der Waals surface area contributed by atoms with E-state index in [1.54, 1.807) is 0 Å². The molecule has 1 fully saturated rings. The molecule has 0 spiro atoms. The van der Waals surface area contributed by atoms with Crippen LogP contribution in [0.15, 0.2) is 41.2 Å². The maximum Gasteiger partial charge on any atom is 0.327 e. The molecule has 1 aliphatic carbocycles. The molecular weight excluding hydrogens is 466 g/mol. The van der Waals surface area contributed by atoms with Crippen LogP contribution in [0.3, 0.4) is 0 Å². The van der Waals surface area contributed by atoms with Gasteiger partial charge in [0.15, 0.2) is 12.4 Å². The third-order valence-corrected chi connectivity index (χ3v) is 6.76. The minimum absolute atomic E-state index is 0.0546. The van der Waals surface area contributed by atoms with Crippen molar-refractivity contribution in [2.45, 2.75) is 64.8 Å². The van der Waals surface area contributed by atoms with Gasteiger partial charge in [-0.2, -0.15) is 4.80 Å². The van der Waals surface area contributed by atoms with E-state index < -0.39 is 5.97 Å². The number of tetrazole rings is 1. The number of aromatic amines is 1. The van der Waals surface area contributed by atoms with Crippen LogP contribution in [-0.2, 0) is 24.2 Å². The van der Waals surface area contributed by atoms with Crippen molar-refractivity contribution in [3.8, 4) is 0 Å². The molecule has 0 bridgehead atoms. The van der Waals surface area contributed by atoms with Gasteiger partial charge in [0.1, 0.15) is 0 Å². The molecule has 4 rings (SSSR count). The number of allylic oxidation sites excluding steroid dienone is 1. The third kappa shape index (κ3) is 6.25. The molecule has 0 aliphatic heterocycles. The van der Waals surface area contributed by atoms with Crippen molar-refractivity contribution in [2.24, 2.45) is 5.92 Å². The molecule has 184 valence electrons. The Morgan fingerprint density at radius 3 is 2.66 bits per heavy atom. The minimum Gasteiger partial charge on any atom is -0.480 e. The number of carboxylic acid groups (broad SMARTS) is 1. The van der Waals surface area contributed by atoms with Gasteiger partial charge in [-0.05, 0) is 59.6 Å². The lowest BCUT2D eigenvalue weighted by Gasteiger charge is -2.14. The fourth-order valence-corrected chi connectivity index (χ4v) is 4.80. The summed E-state index contributed by atoms with van der Waals surface area (Å²) in [5.74, 6) is 0.0884. The Morgan fingerprint density at radius 2 is 2.00 bits per heavy atom. The molecule has 0 atom stereocenters. The number of halogens is 1. The van der Waals surface area contributed by atoms with Gasteiger partial charge < -0.3 is 10.1 Å². The summed E-state index contributed by atoms with van der Waals surface area (Å²) in [6.45, 7) is 3.71. The first-order valence-electron chi connectivity index (χ1n) is 12.0. The number of aliphatic carboxylic acids is 1. The Labute approximate surface area is 209 Å². The van der Waals surface area contributed by atoms with Gasteiger partial charge in [-0.3, -0.25) is 9.59 Å². The van der Waals surface area contributed by atoms with Crippen LogP contribution >= 0.6 is 11.6 Å². The number of hydrogen-bond acceptors (Lipinski definition) is 5. The van der Waals surface area contributed by atoms with Crippen molar-refractivity contribution < 1.29 is 9.90 Å². The molecule has 8 nitrogen and oxygen atoms in total. The largest absolute Gasteiger partial charge is 0.480 e. The van der Waals surface area contributed by atoms with Crippen molar-refractivity contribution in [3.05, 3.63) is 80.0 Å². The minimum atomic E-state index is -1.02. The smallest absolute Gasteiger partial charge is 0.327 e. The predicted octanol–water partition coefficient (Wildman–Crippen LogP) is 4.63. The zero-order valence-corrected chi connectivity index (χ0v) is 20.8. The van der Waals surface area contributed by atoms with E-state index in [0.29, 0.717) is 29.6 Å². The van der Waals surface area contributed by atoms with E-state index in [2.05, 4.69) is 26.5 Å². The number of benzene rings is 1. The van der Waals surface area contributed by atoms with Gasteiger partial charge in [-0.25, -0.2) is 0 Å². The summed E-state index contributed by atoms with van der Waals surface area (Å²) in [5, 5.41) is 21.2. The first-order valence-corrected chi connectivity index (χ1v) is 12.4. The average Bonchev–Trinajstić information content (AvgIpc) is 3.48. The Morgan fingerprint density at radius 1 is 1.23 bits per heavy atom. The highest BCUT2D eigenvalue weighted by molar-refractivity contribution is 6.31. The van der Waals surface area contributed by atoms with Gasteiger partial charge in [-0.1, -0.05) is 62.6 Å². The predicted molar refractivity (Wildman–Crippen MR) is 135 cm³/mol. The van der Waals surface area contributed by atoms with Crippen molar-refractivity contribution in [3.63, 3.8) is 0 Å². The Bertz CT molecular complexity index is 1290. The number of aryl methyl sites for hydroxylation is 2. The molecule has 1 aliphatic rings. The van der Waals surface area contributed by atoms with Gasteiger partial charge >= 0.3 is 5.97 Å². The number of rotatable bonds is 9. The van der Waals surface area contributed by atoms with Crippen molar-refractivity contribution in [2.75, 3.05) is 0 Å². The number of aromatic nitrogens is 5. The molecule has 0 unspecified atom stereocenters. The Balaban J connectivity index is 1.58. The quantitative estimate of drug-likeness (QED) is 0.447. The summed E-state index contributed by atoms with van der Waals surface area (Å²) in [6, 6.07) is 9.88. The van der Waals surface area contributed by atoms with Gasteiger partial charge in [-0.15, -0.1) is 10.2 Å². The zero-order valence-electron chi connectivity index (χ0n) is 20.0. The van der Waals surface area contributed by atoms with E-state index >= 15 is 0 Å². The molecular formula is C26H30ClN5O3. The number of carbonyl (C=O) groups is 1. The lowest BCUT2D eigenvalue weighted by molar-refractivity contribution is -0.138. The van der Waals surface area contributed by atoms with Gasteiger partial charge in [0.25, 0.3) is 5.56 Å². The van der Waals surface area contributed by atoms with E-state index in [0.717, 1.165) is 45.6 Å². The highest BCUT2D eigenvalue weighted by Crippen LogP contribution is 2.33. The van der Waals surface area contributed by atoms with Crippen molar-refractivity contribution in [1.82, 2.24) is 25.2 Å². The lowest BCUT2D eigenvalue weighted by Crippen LogP contribution is -2.15. The number of nitrogens with zero attached hydrogens (tertiary/aromatic N) is 4. The molecule has 0 saturated heterocycles. The summed E-state index contributed by atoms with van der Waals surface area (Å²) in [6.07, 6.45) is 8.12. The second-order valence-corrected chi connectivity index (χ2v) is 9.78. The topological polar surface area (TPSA) is 114 Å². The molecule has 1 aromatic carbocycles. The van der Waals surface area contributed by atoms with Crippen LogP contribution in [0.1, 0.15) is 73.7 Å². The molecule has 2 aromatic heterocycles. The number of carboxylic acids is 1. The first kappa shape index (κ1) is 24.9. The lowest BCUT2D eigenvalue weighted by atomic mass is 9.94. The van der Waals surface area contributed by atoms with E-state index in [-0.39, 0.29) is 18.0 Å². The van der Waals surface area contributed by atoms with Crippen LogP contribution < -0.4 is 5.56 Å². The van der Waals surface area contributed by atoms with Crippen LogP contribution in [0.5, 0.6) is 0 Å². The van der Waals surface area contributed by atoms with E-state index in [9.17, 15) is 9.59 Å². The van der Waals surface area contributed by atoms with Crippen molar-refractivity contribution in [1.29, 1.82) is 0 Å². The molecule has 35 heavy (non-hydrogen) atoms. The fourth-order valence-electron chi connectivity index (χ4n) is 4.53. The zero-order chi connectivity index (χ0) is 24.9. The van der Waals surface area contributed by atoms with Crippen LogP contribution in [-0.4, -0.2) is 36.3 Å². The summed E-state index contributed by atoms with van der Waals surface area (Å²) in [4.78, 5) is 27.6. The number of hydrogen-bond donors (Lipinski definition) is 2. The van der Waals surface area contributed by atoms with Crippen LogP contribution in [0.25, 0.3) is 5.57 Å². The second kappa shape index (κ2) is 11.0. The molecule has 2 heterocycles. The monoisotopic (exact) mass is 495 g/mol. The summed E-state index contributed by atoms with van der Waals surface area (Å²) < 4.78 is 0. The maximum atomic E-state index is 12.7. The Kier molecular flexibility index (Phi) is 7.80. The molecule has 0 radical (unpaired) electrons. The SMILES string of the molecule is CC(C)c1ccc(/C(=C/C2CCCC2)c2ccc(CCc3nnn(CC(=O)O)n3)c(Cl)c2)[nH]c1=O. The number of pyridine rings is 1. The highest BCUT2D eigenvalue weighted by atomic mass is 35.5. The van der Waals surface area contributed by atoms with E-state index in [1.165, 1.54) is 12.8 Å². The second-order valence-electron chi connectivity index (χ2n) is 9.37. The van der Waals surface area contributed by atoms with Crippen molar-refractivity contribution >= 4 is 23.1 Å². The average molecular weight is 496 g/mol. The fraction of sp³-hybridized carbons (Fsp3) is 0.423. The van der Waals surface area contributed by atoms with Gasteiger partial charge in [0.2, 0.25) is 0 Å². The summed E-state index contributed by atoms with van der Waals surface area (Å²) in [7, 11) is 0. The molecule has 3 aromatic rings. The third-order valence-electron chi connectivity index (χ3n) is 6.41. The molecule has 2 N–H and O–H groups in total. The molecule has 9 heteroatoms. The normalized spacial score (nSPS) is 14.7. The summed E-state index contributed by atoms with van der Waals surface area (Å²) >= 11 is 6.68.